The minimum Gasteiger partial charge on any atom is -0.397 e. The van der Waals surface area contributed by atoms with Gasteiger partial charge < -0.3 is 16.0 Å². The van der Waals surface area contributed by atoms with Gasteiger partial charge in [0.05, 0.1) is 17.8 Å². The Labute approximate surface area is 125 Å². The first-order valence-electron chi connectivity index (χ1n) is 8.21. The Balaban J connectivity index is 1.69. The van der Waals surface area contributed by atoms with Crippen molar-refractivity contribution in [1.82, 2.24) is 0 Å². The molecule has 0 unspecified atom stereocenters. The number of anilines is 3. The monoisotopic (exact) mass is 285 g/mol. The number of nitrogens with zero attached hydrogens (tertiary/aromatic N) is 1. The Morgan fingerprint density at radius 1 is 1.14 bits per heavy atom. The van der Waals surface area contributed by atoms with Gasteiger partial charge in [0, 0.05) is 18.3 Å². The molecule has 0 radical (unpaired) electrons. The van der Waals surface area contributed by atoms with Crippen LogP contribution >= 0.6 is 0 Å². The number of rotatable bonds is 1. The maximum atomic E-state index is 11.6. The molecule has 3 aliphatic rings. The van der Waals surface area contributed by atoms with E-state index in [9.17, 15) is 4.79 Å². The van der Waals surface area contributed by atoms with Crippen LogP contribution in [-0.4, -0.2) is 18.5 Å². The highest BCUT2D eigenvalue weighted by Crippen LogP contribution is 2.41. The van der Waals surface area contributed by atoms with Gasteiger partial charge in [-0.1, -0.05) is 12.8 Å². The molecule has 0 bridgehead atoms. The second kappa shape index (κ2) is 4.93. The number of nitrogens with one attached hydrogen (secondary N) is 1. The molecule has 21 heavy (non-hydrogen) atoms. The van der Waals surface area contributed by atoms with E-state index < -0.39 is 0 Å². The Morgan fingerprint density at radius 3 is 2.86 bits per heavy atom. The molecule has 4 nitrogen and oxygen atoms in total. The van der Waals surface area contributed by atoms with Crippen molar-refractivity contribution in [2.75, 3.05) is 22.5 Å². The number of nitrogens with two attached hydrogens (primary N) is 1. The van der Waals surface area contributed by atoms with Gasteiger partial charge in [-0.05, 0) is 49.3 Å². The molecule has 1 amide bonds. The summed E-state index contributed by atoms with van der Waals surface area (Å²) in [5, 5.41) is 2.95. The summed E-state index contributed by atoms with van der Waals surface area (Å²) in [5.41, 5.74) is 10.3. The summed E-state index contributed by atoms with van der Waals surface area (Å²) in [7, 11) is 0. The van der Waals surface area contributed by atoms with E-state index >= 15 is 0 Å². The lowest BCUT2D eigenvalue weighted by Crippen LogP contribution is -2.47. The van der Waals surface area contributed by atoms with Crippen LogP contribution in [0.2, 0.25) is 0 Å². The maximum absolute atomic E-state index is 11.6. The van der Waals surface area contributed by atoms with Gasteiger partial charge in [-0.2, -0.15) is 0 Å². The Bertz CT molecular complexity index is 582. The first kappa shape index (κ1) is 13.0. The summed E-state index contributed by atoms with van der Waals surface area (Å²) in [4.78, 5) is 14.1. The smallest absolute Gasteiger partial charge is 0.228 e. The highest BCUT2D eigenvalue weighted by atomic mass is 16.1. The highest BCUT2D eigenvalue weighted by Gasteiger charge is 2.34. The van der Waals surface area contributed by atoms with Crippen molar-refractivity contribution in [2.45, 2.75) is 51.0 Å². The Hall–Kier alpha value is -1.71. The standard InChI is InChI=1S/C17H23N3O/c18-13-8-12-9-17(21)19-14(12)10-16(13)20-7-3-5-11-4-1-2-6-15(11)20/h8,10-11,15H,1-7,9,18H2,(H,19,21)/t11-,15-/m1/s1. The lowest BCUT2D eigenvalue weighted by Gasteiger charge is -2.46. The molecule has 1 saturated carbocycles. The topological polar surface area (TPSA) is 58.4 Å². The van der Waals surface area contributed by atoms with Gasteiger partial charge in [0.2, 0.25) is 5.91 Å². The van der Waals surface area contributed by atoms with Gasteiger partial charge in [0.1, 0.15) is 0 Å². The fourth-order valence-corrected chi connectivity index (χ4v) is 4.45. The molecule has 4 rings (SSSR count). The number of piperidine rings is 1. The largest absolute Gasteiger partial charge is 0.397 e. The molecule has 1 aromatic rings. The van der Waals surface area contributed by atoms with E-state index in [1.54, 1.807) is 0 Å². The number of hydrogen-bond donors (Lipinski definition) is 2. The molecule has 2 heterocycles. The van der Waals surface area contributed by atoms with Crippen molar-refractivity contribution in [1.29, 1.82) is 0 Å². The molecule has 1 aliphatic carbocycles. The van der Waals surface area contributed by atoms with Crippen LogP contribution in [0.15, 0.2) is 12.1 Å². The predicted molar refractivity (Wildman–Crippen MR) is 85.5 cm³/mol. The van der Waals surface area contributed by atoms with Crippen LogP contribution in [0.1, 0.15) is 44.1 Å². The van der Waals surface area contributed by atoms with E-state index in [1.807, 2.05) is 6.07 Å². The highest BCUT2D eigenvalue weighted by molar-refractivity contribution is 6.01. The number of nitrogen functional groups attached to an aromatic ring is 1. The molecular weight excluding hydrogens is 262 g/mol. The zero-order valence-electron chi connectivity index (χ0n) is 12.4. The normalized spacial score (nSPS) is 28.0. The van der Waals surface area contributed by atoms with E-state index in [4.69, 9.17) is 5.73 Å². The average Bonchev–Trinajstić information content (AvgIpc) is 2.85. The lowest BCUT2D eigenvalue weighted by atomic mass is 9.78. The van der Waals surface area contributed by atoms with Crippen LogP contribution in [-0.2, 0) is 11.2 Å². The first-order valence-corrected chi connectivity index (χ1v) is 8.21. The van der Waals surface area contributed by atoms with Crippen LogP contribution in [0.25, 0.3) is 0 Å². The van der Waals surface area contributed by atoms with E-state index in [-0.39, 0.29) is 5.91 Å². The summed E-state index contributed by atoms with van der Waals surface area (Å²) in [5.74, 6) is 0.908. The average molecular weight is 285 g/mol. The second-order valence-corrected chi connectivity index (χ2v) is 6.74. The molecule has 0 aromatic heterocycles. The van der Waals surface area contributed by atoms with Gasteiger partial charge in [0.25, 0.3) is 0 Å². The van der Waals surface area contributed by atoms with Crippen molar-refractivity contribution in [3.8, 4) is 0 Å². The van der Waals surface area contributed by atoms with Crippen LogP contribution in [0.3, 0.4) is 0 Å². The molecule has 0 spiro atoms. The molecule has 2 fully saturated rings. The van der Waals surface area contributed by atoms with Gasteiger partial charge in [0.15, 0.2) is 0 Å². The third kappa shape index (κ3) is 2.17. The molecular formula is C17H23N3O. The summed E-state index contributed by atoms with van der Waals surface area (Å²) in [6.07, 6.45) is 8.44. The van der Waals surface area contributed by atoms with E-state index in [1.165, 1.54) is 38.5 Å². The summed E-state index contributed by atoms with van der Waals surface area (Å²) >= 11 is 0. The van der Waals surface area contributed by atoms with Crippen molar-refractivity contribution in [2.24, 2.45) is 5.92 Å². The van der Waals surface area contributed by atoms with Crippen LogP contribution in [0.5, 0.6) is 0 Å². The van der Waals surface area contributed by atoms with Crippen LogP contribution < -0.4 is 16.0 Å². The zero-order chi connectivity index (χ0) is 14.4. The lowest BCUT2D eigenvalue weighted by molar-refractivity contribution is -0.115. The summed E-state index contributed by atoms with van der Waals surface area (Å²) in [6.45, 7) is 1.10. The van der Waals surface area contributed by atoms with E-state index in [2.05, 4.69) is 16.3 Å². The number of carbonyl (C=O) groups is 1. The van der Waals surface area contributed by atoms with Gasteiger partial charge >= 0.3 is 0 Å². The summed E-state index contributed by atoms with van der Waals surface area (Å²) < 4.78 is 0. The fraction of sp³-hybridized carbons (Fsp3) is 0.588. The molecule has 112 valence electrons. The van der Waals surface area contributed by atoms with Crippen molar-refractivity contribution in [3.05, 3.63) is 17.7 Å². The number of carbonyl (C=O) groups excluding carboxylic acids is 1. The third-order valence-electron chi connectivity index (χ3n) is 5.43. The first-order chi connectivity index (χ1) is 10.2. The third-order valence-corrected chi connectivity index (χ3v) is 5.43. The number of hydrogen-bond acceptors (Lipinski definition) is 3. The summed E-state index contributed by atoms with van der Waals surface area (Å²) in [6, 6.07) is 4.74. The van der Waals surface area contributed by atoms with E-state index in [0.717, 1.165) is 35.1 Å². The zero-order valence-corrected chi connectivity index (χ0v) is 12.4. The molecule has 4 heteroatoms. The van der Waals surface area contributed by atoms with Gasteiger partial charge in [-0.3, -0.25) is 4.79 Å². The maximum Gasteiger partial charge on any atom is 0.228 e. The van der Waals surface area contributed by atoms with Crippen LogP contribution in [0.4, 0.5) is 17.1 Å². The molecule has 1 aromatic carbocycles. The molecule has 2 atom stereocenters. The fourth-order valence-electron chi connectivity index (χ4n) is 4.45. The van der Waals surface area contributed by atoms with Crippen molar-refractivity contribution in [3.63, 3.8) is 0 Å². The molecule has 2 aliphatic heterocycles. The number of benzene rings is 1. The number of amides is 1. The van der Waals surface area contributed by atoms with Crippen molar-refractivity contribution < 1.29 is 4.79 Å². The Kier molecular flexibility index (Phi) is 3.05. The van der Waals surface area contributed by atoms with Gasteiger partial charge in [-0.25, -0.2) is 0 Å². The number of fused-ring (bicyclic) bond motifs is 2. The quantitative estimate of drug-likeness (QED) is 0.780. The molecule has 3 N–H and O–H groups in total. The Morgan fingerprint density at radius 2 is 1.95 bits per heavy atom. The minimum atomic E-state index is 0.0794. The van der Waals surface area contributed by atoms with Crippen LogP contribution in [0, 0.1) is 5.92 Å². The predicted octanol–water partition coefficient (Wildman–Crippen LogP) is 2.92. The van der Waals surface area contributed by atoms with Crippen molar-refractivity contribution >= 4 is 23.0 Å². The molecule has 1 saturated heterocycles. The SMILES string of the molecule is Nc1cc2c(cc1N1CCC[C@H]3CCCC[C@H]31)NC(=O)C2. The van der Waals surface area contributed by atoms with E-state index in [0.29, 0.717) is 12.5 Å². The van der Waals surface area contributed by atoms with Gasteiger partial charge in [-0.15, -0.1) is 0 Å². The minimum absolute atomic E-state index is 0.0794. The second-order valence-electron chi connectivity index (χ2n) is 6.74.